The molecule has 21 heavy (non-hydrogen) atoms. The number of fused-ring (bicyclic) bond motifs is 1. The summed E-state index contributed by atoms with van der Waals surface area (Å²) in [5, 5.41) is 10.7. The highest BCUT2D eigenvalue weighted by atomic mass is 16.2. The van der Waals surface area contributed by atoms with E-state index in [1.807, 2.05) is 6.07 Å². The largest absolute Gasteiger partial charge is 0.348 e. The van der Waals surface area contributed by atoms with E-state index >= 15 is 0 Å². The smallest absolute Gasteiger partial charge is 0.272 e. The van der Waals surface area contributed by atoms with Crippen molar-refractivity contribution in [2.24, 2.45) is 5.84 Å². The molecule has 1 amide bonds. The summed E-state index contributed by atoms with van der Waals surface area (Å²) in [7, 11) is 0. The number of nitrogens with one attached hydrogen (secondary N) is 2. The van der Waals surface area contributed by atoms with Crippen LogP contribution in [0, 0.1) is 0 Å². The number of hydrogen-bond acceptors (Lipinski definition) is 5. The van der Waals surface area contributed by atoms with Crippen LogP contribution in [0.3, 0.4) is 0 Å². The average molecular weight is 283 g/mol. The molecule has 108 valence electrons. The Morgan fingerprint density at radius 3 is 2.67 bits per heavy atom. The van der Waals surface area contributed by atoms with Gasteiger partial charge in [0.15, 0.2) is 11.5 Å². The van der Waals surface area contributed by atoms with Gasteiger partial charge in [-0.05, 0) is 42.5 Å². The molecule has 2 aromatic rings. The van der Waals surface area contributed by atoms with E-state index in [-0.39, 0.29) is 11.9 Å². The molecule has 6 heteroatoms. The highest BCUT2D eigenvalue weighted by Gasteiger charge is 2.20. The maximum absolute atomic E-state index is 12.2. The van der Waals surface area contributed by atoms with Crippen molar-refractivity contribution >= 4 is 11.7 Å². The van der Waals surface area contributed by atoms with Crippen molar-refractivity contribution in [3.63, 3.8) is 0 Å². The maximum atomic E-state index is 12.2. The van der Waals surface area contributed by atoms with Gasteiger partial charge in [-0.25, -0.2) is 5.84 Å². The second-order valence-electron chi connectivity index (χ2n) is 5.13. The Bertz CT molecular complexity index is 641. The monoisotopic (exact) mass is 283 g/mol. The van der Waals surface area contributed by atoms with Crippen LogP contribution in [-0.2, 0) is 12.8 Å². The summed E-state index contributed by atoms with van der Waals surface area (Å²) in [6, 6.07) is 11.7. The van der Waals surface area contributed by atoms with E-state index in [9.17, 15) is 4.79 Å². The van der Waals surface area contributed by atoms with Gasteiger partial charge in [0.25, 0.3) is 5.91 Å². The quantitative estimate of drug-likeness (QED) is 0.578. The molecule has 0 spiro atoms. The lowest BCUT2D eigenvalue weighted by atomic mass is 9.88. The molecule has 0 bridgehead atoms. The first-order chi connectivity index (χ1) is 10.3. The Hall–Kier alpha value is -2.47. The minimum absolute atomic E-state index is 0.140. The zero-order valence-corrected chi connectivity index (χ0v) is 11.5. The third-order valence-electron chi connectivity index (χ3n) is 3.73. The van der Waals surface area contributed by atoms with Gasteiger partial charge in [0, 0.05) is 6.04 Å². The highest BCUT2D eigenvalue weighted by Crippen LogP contribution is 2.21. The minimum Gasteiger partial charge on any atom is -0.348 e. The van der Waals surface area contributed by atoms with Gasteiger partial charge in [-0.2, -0.15) is 0 Å². The lowest BCUT2D eigenvalue weighted by Crippen LogP contribution is -2.39. The van der Waals surface area contributed by atoms with Crippen molar-refractivity contribution in [1.82, 2.24) is 15.5 Å². The Labute approximate surface area is 122 Å². The van der Waals surface area contributed by atoms with Gasteiger partial charge >= 0.3 is 0 Å². The van der Waals surface area contributed by atoms with E-state index < -0.39 is 0 Å². The molecule has 1 aliphatic carbocycles. The van der Waals surface area contributed by atoms with Gasteiger partial charge in [-0.15, -0.1) is 10.2 Å². The first kappa shape index (κ1) is 13.5. The van der Waals surface area contributed by atoms with E-state index in [0.29, 0.717) is 11.5 Å². The van der Waals surface area contributed by atoms with Crippen molar-refractivity contribution in [1.29, 1.82) is 0 Å². The fraction of sp³-hybridized carbons (Fsp3) is 0.267. The van der Waals surface area contributed by atoms with Gasteiger partial charge in [0.1, 0.15) is 0 Å². The van der Waals surface area contributed by atoms with Crippen LogP contribution in [0.1, 0.15) is 28.0 Å². The summed E-state index contributed by atoms with van der Waals surface area (Å²) < 4.78 is 0. The van der Waals surface area contributed by atoms with Crippen LogP contribution in [0.25, 0.3) is 0 Å². The van der Waals surface area contributed by atoms with Crippen molar-refractivity contribution in [2.75, 3.05) is 5.43 Å². The van der Waals surface area contributed by atoms with Gasteiger partial charge < -0.3 is 10.7 Å². The van der Waals surface area contributed by atoms with Gasteiger partial charge in [-0.1, -0.05) is 24.3 Å². The van der Waals surface area contributed by atoms with Crippen molar-refractivity contribution in [3.8, 4) is 0 Å². The zero-order chi connectivity index (χ0) is 14.7. The Kier molecular flexibility index (Phi) is 3.79. The summed E-state index contributed by atoms with van der Waals surface area (Å²) in [4.78, 5) is 12.2. The zero-order valence-electron chi connectivity index (χ0n) is 11.5. The van der Waals surface area contributed by atoms with Crippen LogP contribution in [-0.4, -0.2) is 22.1 Å². The minimum atomic E-state index is -0.199. The number of hydrazine groups is 1. The van der Waals surface area contributed by atoms with Crippen LogP contribution < -0.4 is 16.6 Å². The van der Waals surface area contributed by atoms with Crippen LogP contribution >= 0.6 is 0 Å². The Morgan fingerprint density at radius 2 is 1.95 bits per heavy atom. The molecule has 6 nitrogen and oxygen atoms in total. The van der Waals surface area contributed by atoms with Gasteiger partial charge in [-0.3, -0.25) is 4.79 Å². The number of benzene rings is 1. The molecule has 4 N–H and O–H groups in total. The number of hydrogen-bond donors (Lipinski definition) is 3. The number of carbonyl (C=O) groups is 1. The van der Waals surface area contributed by atoms with Gasteiger partial charge in [0.05, 0.1) is 0 Å². The highest BCUT2D eigenvalue weighted by molar-refractivity contribution is 5.92. The van der Waals surface area contributed by atoms with Crippen molar-refractivity contribution in [2.45, 2.75) is 25.3 Å². The Morgan fingerprint density at radius 1 is 1.14 bits per heavy atom. The molecule has 1 aromatic carbocycles. The van der Waals surface area contributed by atoms with E-state index in [2.05, 4.69) is 39.1 Å². The number of carbonyl (C=O) groups excluding carboxylic acids is 1. The van der Waals surface area contributed by atoms with Crippen molar-refractivity contribution < 1.29 is 4.79 Å². The summed E-state index contributed by atoms with van der Waals surface area (Å²) in [6.07, 6.45) is 2.79. The molecule has 1 unspecified atom stereocenters. The van der Waals surface area contributed by atoms with E-state index in [1.54, 1.807) is 12.1 Å². The normalized spacial score (nSPS) is 16.9. The number of nitrogen functional groups attached to an aromatic ring is 1. The molecule has 1 aromatic heterocycles. The van der Waals surface area contributed by atoms with E-state index in [0.717, 1.165) is 19.3 Å². The fourth-order valence-electron chi connectivity index (χ4n) is 2.61. The lowest BCUT2D eigenvalue weighted by Gasteiger charge is -2.25. The molecule has 0 aliphatic heterocycles. The summed E-state index contributed by atoms with van der Waals surface area (Å²) in [6.45, 7) is 0. The SMILES string of the molecule is NNc1ccc(C(=O)NC2CCc3ccccc3C2)nn1. The summed E-state index contributed by atoms with van der Waals surface area (Å²) in [5.74, 6) is 5.45. The number of amides is 1. The number of nitrogens with two attached hydrogens (primary N) is 1. The second kappa shape index (κ2) is 5.88. The fourth-order valence-corrected chi connectivity index (χ4v) is 2.61. The van der Waals surface area contributed by atoms with Crippen LogP contribution in [0.2, 0.25) is 0 Å². The average Bonchev–Trinajstić information content (AvgIpc) is 2.55. The van der Waals surface area contributed by atoms with Crippen LogP contribution in [0.15, 0.2) is 36.4 Å². The predicted molar refractivity (Wildman–Crippen MR) is 79.6 cm³/mol. The number of aromatic nitrogens is 2. The molecule has 1 aliphatic rings. The predicted octanol–water partition coefficient (Wildman–Crippen LogP) is 1.05. The molecular weight excluding hydrogens is 266 g/mol. The molecular formula is C15H17N5O. The number of rotatable bonds is 3. The summed E-state index contributed by atoms with van der Waals surface area (Å²) >= 11 is 0. The number of anilines is 1. The third kappa shape index (κ3) is 3.00. The van der Waals surface area contributed by atoms with Crippen molar-refractivity contribution in [3.05, 3.63) is 53.2 Å². The van der Waals surface area contributed by atoms with Crippen LogP contribution in [0.4, 0.5) is 5.82 Å². The Balaban J connectivity index is 1.65. The molecule has 1 heterocycles. The molecule has 0 saturated heterocycles. The maximum Gasteiger partial charge on any atom is 0.272 e. The molecule has 1 atom stereocenters. The van der Waals surface area contributed by atoms with Gasteiger partial charge in [0.2, 0.25) is 0 Å². The summed E-state index contributed by atoms with van der Waals surface area (Å²) in [5.41, 5.74) is 5.36. The number of nitrogens with zero attached hydrogens (tertiary/aromatic N) is 2. The van der Waals surface area contributed by atoms with Crippen LogP contribution in [0.5, 0.6) is 0 Å². The lowest BCUT2D eigenvalue weighted by molar-refractivity contribution is 0.0927. The molecule has 3 rings (SSSR count). The first-order valence-electron chi connectivity index (χ1n) is 6.94. The first-order valence-corrected chi connectivity index (χ1v) is 6.94. The van der Waals surface area contributed by atoms with E-state index in [4.69, 9.17) is 5.84 Å². The number of aryl methyl sites for hydroxylation is 1. The third-order valence-corrected chi connectivity index (χ3v) is 3.73. The second-order valence-corrected chi connectivity index (χ2v) is 5.13. The van der Waals surface area contributed by atoms with E-state index in [1.165, 1.54) is 11.1 Å². The molecule has 0 fully saturated rings. The standard InChI is InChI=1S/C15H17N5O/c16-18-14-8-7-13(19-20-14)15(21)17-12-6-5-10-3-1-2-4-11(10)9-12/h1-4,7-8,12H,5-6,9,16H2,(H,17,21)(H,18,20). The topological polar surface area (TPSA) is 92.9 Å². The molecule has 0 radical (unpaired) electrons. The molecule has 0 saturated carbocycles.